The quantitative estimate of drug-likeness (QED) is 0.779. The first kappa shape index (κ1) is 10.6. The molecule has 0 aliphatic carbocycles. The zero-order valence-corrected chi connectivity index (χ0v) is 9.15. The van der Waals surface area contributed by atoms with Gasteiger partial charge in [-0.05, 0) is 25.4 Å². The molecular weight excluding hydrogens is 192 g/mol. The largest absolute Gasteiger partial charge is 0.339 e. The minimum absolute atomic E-state index is 0.356. The predicted octanol–water partition coefficient (Wildman–Crippen LogP) is 0.413. The molecule has 2 N–H and O–H groups in total. The highest BCUT2D eigenvalue weighted by molar-refractivity contribution is 4.89. The standard InChI is InChI=1S/C10H18N4O/c1-2-14-4-3-8(7-14)5-10-12-9(6-11)13-15-10/h8H,2-7,11H2,1H3. The van der Waals surface area contributed by atoms with Crippen molar-refractivity contribution in [2.45, 2.75) is 26.3 Å². The lowest BCUT2D eigenvalue weighted by atomic mass is 10.1. The van der Waals surface area contributed by atoms with Crippen molar-refractivity contribution < 1.29 is 4.52 Å². The molecule has 1 aromatic rings. The SMILES string of the molecule is CCN1CCC(Cc2nc(CN)no2)C1. The molecule has 0 amide bonds. The van der Waals surface area contributed by atoms with Crippen molar-refractivity contribution >= 4 is 0 Å². The van der Waals surface area contributed by atoms with E-state index >= 15 is 0 Å². The van der Waals surface area contributed by atoms with Crippen molar-refractivity contribution in [2.75, 3.05) is 19.6 Å². The zero-order valence-electron chi connectivity index (χ0n) is 9.15. The predicted molar refractivity (Wildman–Crippen MR) is 56.1 cm³/mol. The van der Waals surface area contributed by atoms with Gasteiger partial charge < -0.3 is 15.2 Å². The summed E-state index contributed by atoms with van der Waals surface area (Å²) in [5.41, 5.74) is 5.42. The third kappa shape index (κ3) is 2.54. The van der Waals surface area contributed by atoms with E-state index < -0.39 is 0 Å². The van der Waals surface area contributed by atoms with Gasteiger partial charge in [0.05, 0.1) is 6.54 Å². The summed E-state index contributed by atoms with van der Waals surface area (Å²) in [6.07, 6.45) is 2.12. The van der Waals surface area contributed by atoms with E-state index in [1.54, 1.807) is 0 Å². The van der Waals surface area contributed by atoms with Crippen LogP contribution in [0.2, 0.25) is 0 Å². The van der Waals surface area contributed by atoms with Crippen LogP contribution in [0.15, 0.2) is 4.52 Å². The van der Waals surface area contributed by atoms with Gasteiger partial charge in [-0.2, -0.15) is 4.98 Å². The van der Waals surface area contributed by atoms with Gasteiger partial charge in [0.25, 0.3) is 0 Å². The highest BCUT2D eigenvalue weighted by Crippen LogP contribution is 2.19. The molecule has 0 bridgehead atoms. The number of likely N-dealkylation sites (tertiary alicyclic amines) is 1. The average Bonchev–Trinajstić information content (AvgIpc) is 2.87. The summed E-state index contributed by atoms with van der Waals surface area (Å²) in [7, 11) is 0. The minimum Gasteiger partial charge on any atom is -0.339 e. The summed E-state index contributed by atoms with van der Waals surface area (Å²) in [6, 6.07) is 0. The van der Waals surface area contributed by atoms with Gasteiger partial charge in [0, 0.05) is 13.0 Å². The van der Waals surface area contributed by atoms with Crippen molar-refractivity contribution in [1.82, 2.24) is 15.0 Å². The van der Waals surface area contributed by atoms with Crippen molar-refractivity contribution in [3.8, 4) is 0 Å². The molecule has 2 rings (SSSR count). The first-order valence-corrected chi connectivity index (χ1v) is 5.55. The van der Waals surface area contributed by atoms with E-state index in [0.29, 0.717) is 18.3 Å². The highest BCUT2D eigenvalue weighted by Gasteiger charge is 2.23. The van der Waals surface area contributed by atoms with Crippen LogP contribution in [-0.4, -0.2) is 34.7 Å². The van der Waals surface area contributed by atoms with Gasteiger partial charge in [0.1, 0.15) is 0 Å². The fourth-order valence-electron chi connectivity index (χ4n) is 2.07. The van der Waals surface area contributed by atoms with Gasteiger partial charge in [0.15, 0.2) is 5.82 Å². The molecule has 1 fully saturated rings. The molecule has 1 atom stereocenters. The zero-order chi connectivity index (χ0) is 10.7. The summed E-state index contributed by atoms with van der Waals surface area (Å²) in [6.45, 7) is 6.03. The first-order valence-electron chi connectivity index (χ1n) is 5.55. The molecule has 5 nitrogen and oxygen atoms in total. The van der Waals surface area contributed by atoms with E-state index in [9.17, 15) is 0 Å². The van der Waals surface area contributed by atoms with Crippen LogP contribution in [0.25, 0.3) is 0 Å². The molecule has 1 unspecified atom stereocenters. The van der Waals surface area contributed by atoms with E-state index in [0.717, 1.165) is 25.4 Å². The molecule has 0 spiro atoms. The summed E-state index contributed by atoms with van der Waals surface area (Å²) < 4.78 is 5.13. The van der Waals surface area contributed by atoms with Gasteiger partial charge in [0.2, 0.25) is 5.89 Å². The molecule has 1 aliphatic heterocycles. The Hall–Kier alpha value is -0.940. The van der Waals surface area contributed by atoms with Crippen LogP contribution in [-0.2, 0) is 13.0 Å². The summed E-state index contributed by atoms with van der Waals surface area (Å²) >= 11 is 0. The Morgan fingerprint density at radius 1 is 1.60 bits per heavy atom. The maximum absolute atomic E-state index is 5.42. The third-order valence-electron chi connectivity index (χ3n) is 2.97. The minimum atomic E-state index is 0.356. The Kier molecular flexibility index (Phi) is 3.33. The van der Waals surface area contributed by atoms with Crippen LogP contribution < -0.4 is 5.73 Å². The average molecular weight is 210 g/mol. The molecule has 0 radical (unpaired) electrons. The molecule has 5 heteroatoms. The summed E-state index contributed by atoms with van der Waals surface area (Å²) in [5, 5.41) is 3.79. The van der Waals surface area contributed by atoms with E-state index in [2.05, 4.69) is 22.0 Å². The normalized spacial score (nSPS) is 22.4. The summed E-state index contributed by atoms with van der Waals surface area (Å²) in [5.74, 6) is 2.00. The lowest BCUT2D eigenvalue weighted by Crippen LogP contribution is -2.20. The van der Waals surface area contributed by atoms with Crippen LogP contribution in [0.5, 0.6) is 0 Å². The second-order valence-electron chi connectivity index (χ2n) is 4.06. The number of hydrogen-bond acceptors (Lipinski definition) is 5. The Bertz CT molecular complexity index is 312. The topological polar surface area (TPSA) is 68.2 Å². The van der Waals surface area contributed by atoms with Gasteiger partial charge in [-0.3, -0.25) is 0 Å². The van der Waals surface area contributed by atoms with Crippen LogP contribution >= 0.6 is 0 Å². The van der Waals surface area contributed by atoms with Crippen LogP contribution in [0.4, 0.5) is 0 Å². The van der Waals surface area contributed by atoms with Gasteiger partial charge in [-0.25, -0.2) is 0 Å². The van der Waals surface area contributed by atoms with Gasteiger partial charge in [-0.15, -0.1) is 0 Å². The molecule has 0 aromatic carbocycles. The van der Waals surface area contributed by atoms with E-state index in [4.69, 9.17) is 10.3 Å². The third-order valence-corrected chi connectivity index (χ3v) is 2.97. The van der Waals surface area contributed by atoms with Crippen LogP contribution in [0.3, 0.4) is 0 Å². The molecule has 1 saturated heterocycles. The molecule has 1 aliphatic rings. The van der Waals surface area contributed by atoms with Gasteiger partial charge >= 0.3 is 0 Å². The van der Waals surface area contributed by atoms with Crippen molar-refractivity contribution in [1.29, 1.82) is 0 Å². The number of rotatable bonds is 4. The number of hydrogen-bond donors (Lipinski definition) is 1. The van der Waals surface area contributed by atoms with Crippen molar-refractivity contribution in [3.63, 3.8) is 0 Å². The first-order chi connectivity index (χ1) is 7.31. The smallest absolute Gasteiger partial charge is 0.227 e. The van der Waals surface area contributed by atoms with Crippen molar-refractivity contribution in [2.24, 2.45) is 11.7 Å². The second kappa shape index (κ2) is 4.72. The van der Waals surface area contributed by atoms with E-state index in [1.165, 1.54) is 13.0 Å². The molecule has 84 valence electrons. The fourth-order valence-corrected chi connectivity index (χ4v) is 2.07. The Morgan fingerprint density at radius 3 is 3.07 bits per heavy atom. The monoisotopic (exact) mass is 210 g/mol. The Morgan fingerprint density at radius 2 is 2.47 bits per heavy atom. The highest BCUT2D eigenvalue weighted by atomic mass is 16.5. The Labute approximate surface area is 89.6 Å². The number of aromatic nitrogens is 2. The molecule has 2 heterocycles. The fraction of sp³-hybridized carbons (Fsp3) is 0.800. The number of nitrogens with zero attached hydrogens (tertiary/aromatic N) is 3. The molecule has 1 aromatic heterocycles. The maximum Gasteiger partial charge on any atom is 0.227 e. The molecular formula is C10H18N4O. The second-order valence-corrected chi connectivity index (χ2v) is 4.06. The van der Waals surface area contributed by atoms with Crippen molar-refractivity contribution in [3.05, 3.63) is 11.7 Å². The van der Waals surface area contributed by atoms with Crippen LogP contribution in [0.1, 0.15) is 25.1 Å². The van der Waals surface area contributed by atoms with Gasteiger partial charge in [-0.1, -0.05) is 12.1 Å². The van der Waals surface area contributed by atoms with E-state index in [-0.39, 0.29) is 0 Å². The van der Waals surface area contributed by atoms with E-state index in [1.807, 2.05) is 0 Å². The lowest BCUT2D eigenvalue weighted by molar-refractivity contribution is 0.322. The molecule has 15 heavy (non-hydrogen) atoms. The lowest BCUT2D eigenvalue weighted by Gasteiger charge is -2.11. The Balaban J connectivity index is 1.87. The summed E-state index contributed by atoms with van der Waals surface area (Å²) in [4.78, 5) is 6.67. The maximum atomic E-state index is 5.42. The van der Waals surface area contributed by atoms with Crippen LogP contribution in [0, 0.1) is 5.92 Å². The number of nitrogens with two attached hydrogens (primary N) is 1. The molecule has 0 saturated carbocycles.